The minimum Gasteiger partial charge on any atom is -0.478 e. The summed E-state index contributed by atoms with van der Waals surface area (Å²) in [5.74, 6) is -0.973. The Kier molecular flexibility index (Phi) is 2.09. The van der Waals surface area contributed by atoms with Crippen molar-refractivity contribution >= 4 is 29.0 Å². The molecule has 5 heteroatoms. The van der Waals surface area contributed by atoms with Gasteiger partial charge in [-0.15, -0.1) is 0 Å². The van der Waals surface area contributed by atoms with E-state index in [0.717, 1.165) is 5.56 Å². The maximum absolute atomic E-state index is 10.9. The van der Waals surface area contributed by atoms with Gasteiger partial charge in [-0.1, -0.05) is 12.1 Å². The Morgan fingerprint density at radius 3 is 3.07 bits per heavy atom. The van der Waals surface area contributed by atoms with Gasteiger partial charge in [0.25, 0.3) is 5.17 Å². The van der Waals surface area contributed by atoms with Crippen molar-refractivity contribution in [3.8, 4) is 0 Å². The van der Waals surface area contributed by atoms with Crippen molar-refractivity contribution in [1.82, 2.24) is 0 Å². The molecule has 0 amide bonds. The minimum atomic E-state index is -0.973. The van der Waals surface area contributed by atoms with Crippen molar-refractivity contribution in [2.45, 2.75) is 6.61 Å². The first kappa shape index (κ1) is 8.96. The van der Waals surface area contributed by atoms with Gasteiger partial charge in [0.15, 0.2) is 0 Å². The van der Waals surface area contributed by atoms with Crippen LogP contribution in [0.25, 0.3) is 0 Å². The highest BCUT2D eigenvalue weighted by molar-refractivity contribution is 7.80. The third-order valence-corrected chi connectivity index (χ3v) is 2.19. The Labute approximate surface area is 85.5 Å². The van der Waals surface area contributed by atoms with E-state index in [1.165, 1.54) is 6.07 Å². The van der Waals surface area contributed by atoms with Gasteiger partial charge in [0.2, 0.25) is 0 Å². The Bertz CT molecular complexity index is 417. The van der Waals surface area contributed by atoms with Gasteiger partial charge in [-0.2, -0.15) is 0 Å². The first-order chi connectivity index (χ1) is 6.68. The number of fused-ring (bicyclic) bond motifs is 1. The molecule has 0 saturated carbocycles. The molecule has 4 nitrogen and oxygen atoms in total. The molecular formula is C9H7NO3S. The highest BCUT2D eigenvalue weighted by Gasteiger charge is 2.19. The molecule has 0 fully saturated rings. The topological polar surface area (TPSA) is 58.6 Å². The van der Waals surface area contributed by atoms with Crippen LogP contribution in [-0.2, 0) is 11.3 Å². The van der Waals surface area contributed by atoms with Crippen LogP contribution in [0.2, 0.25) is 0 Å². The average molecular weight is 209 g/mol. The SMILES string of the molecule is O=C(O)c1cccc2c1NC(=S)OC2. The van der Waals surface area contributed by atoms with Crippen LogP contribution < -0.4 is 5.32 Å². The molecule has 2 N–H and O–H groups in total. The van der Waals surface area contributed by atoms with Crippen molar-refractivity contribution in [2.24, 2.45) is 0 Å². The number of para-hydroxylation sites is 1. The zero-order valence-electron chi connectivity index (χ0n) is 7.11. The van der Waals surface area contributed by atoms with Crippen LogP contribution in [0.4, 0.5) is 5.69 Å². The summed E-state index contributed by atoms with van der Waals surface area (Å²) in [6, 6.07) is 5.01. The van der Waals surface area contributed by atoms with Gasteiger partial charge in [-0.3, -0.25) is 0 Å². The van der Waals surface area contributed by atoms with E-state index in [4.69, 9.17) is 22.1 Å². The summed E-state index contributed by atoms with van der Waals surface area (Å²) in [5.41, 5.74) is 1.56. The summed E-state index contributed by atoms with van der Waals surface area (Å²) in [5, 5.41) is 11.9. The second-order valence-electron chi connectivity index (χ2n) is 2.85. The van der Waals surface area contributed by atoms with Crippen LogP contribution in [0, 0.1) is 0 Å². The summed E-state index contributed by atoms with van der Waals surface area (Å²) in [6.07, 6.45) is 0. The molecule has 0 unspecified atom stereocenters. The Morgan fingerprint density at radius 2 is 2.36 bits per heavy atom. The number of carbonyl (C=O) groups is 1. The third kappa shape index (κ3) is 1.42. The summed E-state index contributed by atoms with van der Waals surface area (Å²) in [6.45, 7) is 0.322. The fraction of sp³-hybridized carbons (Fsp3) is 0.111. The van der Waals surface area contributed by atoms with E-state index in [0.29, 0.717) is 12.3 Å². The molecule has 1 aliphatic rings. The number of hydrogen-bond acceptors (Lipinski definition) is 3. The standard InChI is InChI=1S/C9H7NO3S/c11-8(12)6-3-1-2-5-4-13-9(14)10-7(5)6/h1-3H,4H2,(H,10,14)(H,11,12). The van der Waals surface area contributed by atoms with Crippen molar-refractivity contribution in [2.75, 3.05) is 5.32 Å². The fourth-order valence-corrected chi connectivity index (χ4v) is 1.49. The van der Waals surface area contributed by atoms with Crippen LogP contribution in [0.1, 0.15) is 15.9 Å². The van der Waals surface area contributed by atoms with Gasteiger partial charge in [0, 0.05) is 5.56 Å². The first-order valence-electron chi connectivity index (χ1n) is 3.97. The number of nitrogens with one attached hydrogen (secondary N) is 1. The molecule has 0 saturated heterocycles. The lowest BCUT2D eigenvalue weighted by Crippen LogP contribution is -2.22. The molecule has 1 heterocycles. The molecule has 0 aromatic heterocycles. The number of aromatic carboxylic acids is 1. The molecule has 2 rings (SSSR count). The lowest BCUT2D eigenvalue weighted by Gasteiger charge is -2.20. The zero-order chi connectivity index (χ0) is 10.1. The highest BCUT2D eigenvalue weighted by Crippen LogP contribution is 2.25. The van der Waals surface area contributed by atoms with Crippen molar-refractivity contribution < 1.29 is 14.6 Å². The third-order valence-electron chi connectivity index (χ3n) is 1.97. The van der Waals surface area contributed by atoms with E-state index >= 15 is 0 Å². The van der Waals surface area contributed by atoms with Crippen molar-refractivity contribution in [3.63, 3.8) is 0 Å². The van der Waals surface area contributed by atoms with Crippen LogP contribution >= 0.6 is 12.2 Å². The van der Waals surface area contributed by atoms with E-state index in [1.54, 1.807) is 12.1 Å². The molecule has 1 aliphatic heterocycles. The van der Waals surface area contributed by atoms with Crippen molar-refractivity contribution in [3.05, 3.63) is 29.3 Å². The van der Waals surface area contributed by atoms with Crippen LogP contribution in [-0.4, -0.2) is 16.3 Å². The average Bonchev–Trinajstić information content (AvgIpc) is 2.16. The number of carboxylic acid groups (broad SMARTS) is 1. The number of ether oxygens (including phenoxy) is 1. The summed E-state index contributed by atoms with van der Waals surface area (Å²) < 4.78 is 5.07. The Hall–Kier alpha value is -1.62. The number of hydrogen-bond donors (Lipinski definition) is 2. The molecule has 0 radical (unpaired) electrons. The fourth-order valence-electron chi connectivity index (χ4n) is 1.33. The molecule has 0 spiro atoms. The molecule has 0 atom stereocenters. The number of thiocarbonyl (C=S) groups is 1. The molecule has 1 aromatic carbocycles. The summed E-state index contributed by atoms with van der Waals surface area (Å²) >= 11 is 4.80. The quantitative estimate of drug-likeness (QED) is 0.688. The van der Waals surface area contributed by atoms with Crippen molar-refractivity contribution in [1.29, 1.82) is 0 Å². The smallest absolute Gasteiger partial charge is 0.337 e. The maximum atomic E-state index is 10.9. The Morgan fingerprint density at radius 1 is 1.57 bits per heavy atom. The van der Waals surface area contributed by atoms with Gasteiger partial charge in [-0.05, 0) is 18.3 Å². The molecule has 0 aliphatic carbocycles. The van der Waals surface area contributed by atoms with E-state index < -0.39 is 5.97 Å². The van der Waals surface area contributed by atoms with E-state index in [1.807, 2.05) is 0 Å². The Balaban J connectivity index is 2.54. The van der Waals surface area contributed by atoms with Crippen LogP contribution in [0.15, 0.2) is 18.2 Å². The molecule has 0 bridgehead atoms. The number of rotatable bonds is 1. The lowest BCUT2D eigenvalue weighted by molar-refractivity contribution is 0.0697. The number of anilines is 1. The lowest BCUT2D eigenvalue weighted by atomic mass is 10.1. The van der Waals surface area contributed by atoms with Crippen LogP contribution in [0.5, 0.6) is 0 Å². The maximum Gasteiger partial charge on any atom is 0.337 e. The second kappa shape index (κ2) is 3.26. The van der Waals surface area contributed by atoms with Gasteiger partial charge in [-0.25, -0.2) is 4.79 Å². The monoisotopic (exact) mass is 209 g/mol. The summed E-state index contributed by atoms with van der Waals surface area (Å²) in [7, 11) is 0. The highest BCUT2D eigenvalue weighted by atomic mass is 32.1. The first-order valence-corrected chi connectivity index (χ1v) is 4.38. The second-order valence-corrected chi connectivity index (χ2v) is 3.22. The summed E-state index contributed by atoms with van der Waals surface area (Å²) in [4.78, 5) is 10.9. The normalized spacial score (nSPS) is 13.9. The van der Waals surface area contributed by atoms with E-state index in [2.05, 4.69) is 5.32 Å². The van der Waals surface area contributed by atoms with Crippen LogP contribution in [0.3, 0.4) is 0 Å². The van der Waals surface area contributed by atoms with E-state index in [9.17, 15) is 4.79 Å². The number of carboxylic acids is 1. The van der Waals surface area contributed by atoms with Gasteiger partial charge in [0.1, 0.15) is 6.61 Å². The minimum absolute atomic E-state index is 0.214. The predicted molar refractivity (Wildman–Crippen MR) is 54.4 cm³/mol. The molecule has 14 heavy (non-hydrogen) atoms. The number of benzene rings is 1. The molecular weight excluding hydrogens is 202 g/mol. The van der Waals surface area contributed by atoms with Gasteiger partial charge in [0.05, 0.1) is 11.3 Å². The zero-order valence-corrected chi connectivity index (χ0v) is 7.93. The molecule has 72 valence electrons. The van der Waals surface area contributed by atoms with E-state index in [-0.39, 0.29) is 10.7 Å². The van der Waals surface area contributed by atoms with Gasteiger partial charge >= 0.3 is 5.97 Å². The van der Waals surface area contributed by atoms with Gasteiger partial charge < -0.3 is 15.2 Å². The predicted octanol–water partition coefficient (Wildman–Crippen LogP) is 1.61. The molecule has 1 aromatic rings. The largest absolute Gasteiger partial charge is 0.478 e.